The minimum Gasteiger partial charge on any atom is -0.489 e. The predicted octanol–water partition coefficient (Wildman–Crippen LogP) is 3.34. The van der Waals surface area contributed by atoms with Gasteiger partial charge in [-0.25, -0.2) is 4.79 Å². The Morgan fingerprint density at radius 3 is 2.66 bits per heavy atom. The lowest BCUT2D eigenvalue weighted by Crippen LogP contribution is -2.23. The molecular formula is C21H20N4O3S. The van der Waals surface area contributed by atoms with Gasteiger partial charge in [-0.15, -0.1) is 0 Å². The van der Waals surface area contributed by atoms with Crippen LogP contribution in [-0.4, -0.2) is 21.7 Å². The maximum atomic E-state index is 12.0. The van der Waals surface area contributed by atoms with Crippen molar-refractivity contribution in [2.75, 3.05) is 0 Å². The summed E-state index contributed by atoms with van der Waals surface area (Å²) >= 11 is 1.48. The Morgan fingerprint density at radius 1 is 1.17 bits per heavy atom. The van der Waals surface area contributed by atoms with Crippen LogP contribution in [0.15, 0.2) is 64.5 Å². The van der Waals surface area contributed by atoms with Crippen molar-refractivity contribution in [3.63, 3.8) is 0 Å². The molecule has 3 amide bonds. The third-order valence-corrected chi connectivity index (χ3v) is 5.58. The molecular weight excluding hydrogens is 388 g/mol. The third kappa shape index (κ3) is 4.27. The van der Waals surface area contributed by atoms with E-state index in [2.05, 4.69) is 34.8 Å². The summed E-state index contributed by atoms with van der Waals surface area (Å²) in [7, 11) is 1.75. The standard InChI is InChI=1S/C21H20N4O3S/c1-13-4-3-5-14(10-13)12-28-15-6-8-16(9-7-15)29-17-11-22-25(2)19(17)18-20(26)24-21(27)23-18/h3-11,18H,12H2,1-2H3,(H2,23,24,26,27). The van der Waals surface area contributed by atoms with Gasteiger partial charge in [-0.1, -0.05) is 41.6 Å². The maximum Gasteiger partial charge on any atom is 0.322 e. The van der Waals surface area contributed by atoms with Crippen molar-refractivity contribution < 1.29 is 14.3 Å². The van der Waals surface area contributed by atoms with Crippen molar-refractivity contribution in [2.45, 2.75) is 29.4 Å². The zero-order valence-corrected chi connectivity index (χ0v) is 16.8. The number of urea groups is 1. The fourth-order valence-corrected chi connectivity index (χ4v) is 4.12. The molecule has 148 valence electrons. The fourth-order valence-electron chi connectivity index (χ4n) is 3.14. The molecule has 7 nitrogen and oxygen atoms in total. The Hall–Kier alpha value is -3.26. The van der Waals surface area contributed by atoms with Gasteiger partial charge in [0.25, 0.3) is 5.91 Å². The second kappa shape index (κ2) is 8.00. The van der Waals surface area contributed by atoms with Crippen LogP contribution in [0.3, 0.4) is 0 Å². The van der Waals surface area contributed by atoms with Crippen LogP contribution in [-0.2, 0) is 18.4 Å². The largest absolute Gasteiger partial charge is 0.489 e. The first-order chi connectivity index (χ1) is 14.0. The van der Waals surface area contributed by atoms with E-state index >= 15 is 0 Å². The van der Waals surface area contributed by atoms with Gasteiger partial charge in [0.1, 0.15) is 12.4 Å². The van der Waals surface area contributed by atoms with Crippen LogP contribution in [0.25, 0.3) is 0 Å². The Kier molecular flexibility index (Phi) is 5.26. The molecule has 2 N–H and O–H groups in total. The van der Waals surface area contributed by atoms with E-state index in [4.69, 9.17) is 4.74 Å². The number of benzene rings is 2. The molecule has 1 aliphatic heterocycles. The highest BCUT2D eigenvalue weighted by molar-refractivity contribution is 7.99. The Balaban J connectivity index is 1.44. The lowest BCUT2D eigenvalue weighted by molar-refractivity contribution is -0.120. The summed E-state index contributed by atoms with van der Waals surface area (Å²) in [6.45, 7) is 2.57. The maximum absolute atomic E-state index is 12.0. The van der Waals surface area contributed by atoms with Gasteiger partial charge < -0.3 is 10.1 Å². The van der Waals surface area contributed by atoms with Crippen LogP contribution in [0, 0.1) is 6.92 Å². The van der Waals surface area contributed by atoms with Crippen molar-refractivity contribution in [3.05, 3.63) is 71.5 Å². The van der Waals surface area contributed by atoms with Crippen LogP contribution < -0.4 is 15.4 Å². The second-order valence-corrected chi connectivity index (χ2v) is 7.88. The number of hydrogen-bond acceptors (Lipinski definition) is 5. The van der Waals surface area contributed by atoms with Crippen LogP contribution in [0.4, 0.5) is 4.79 Å². The number of carbonyl (C=O) groups is 2. The lowest BCUT2D eigenvalue weighted by atomic mass is 10.1. The molecule has 1 atom stereocenters. The summed E-state index contributed by atoms with van der Waals surface area (Å²) in [5, 5.41) is 9.12. The molecule has 1 aliphatic rings. The molecule has 29 heavy (non-hydrogen) atoms. The van der Waals surface area contributed by atoms with E-state index < -0.39 is 12.1 Å². The highest BCUT2D eigenvalue weighted by Gasteiger charge is 2.35. The van der Waals surface area contributed by atoms with E-state index in [-0.39, 0.29) is 5.91 Å². The first-order valence-corrected chi connectivity index (χ1v) is 9.91. The van der Waals surface area contributed by atoms with Gasteiger partial charge >= 0.3 is 6.03 Å². The van der Waals surface area contributed by atoms with Gasteiger partial charge in [0.15, 0.2) is 6.04 Å². The molecule has 2 heterocycles. The molecule has 4 rings (SSSR count). The molecule has 0 aliphatic carbocycles. The number of aromatic nitrogens is 2. The molecule has 0 radical (unpaired) electrons. The van der Waals surface area contributed by atoms with Gasteiger partial charge in [-0.3, -0.25) is 14.8 Å². The number of carbonyl (C=O) groups excluding carboxylic acids is 2. The van der Waals surface area contributed by atoms with E-state index in [0.717, 1.165) is 21.1 Å². The molecule has 0 saturated carbocycles. The normalized spacial score (nSPS) is 15.9. The predicted molar refractivity (Wildman–Crippen MR) is 109 cm³/mol. The number of nitrogens with zero attached hydrogens (tertiary/aromatic N) is 2. The van der Waals surface area contributed by atoms with Gasteiger partial charge in [-0.2, -0.15) is 5.10 Å². The average molecular weight is 408 g/mol. The molecule has 1 aromatic heterocycles. The van der Waals surface area contributed by atoms with E-state index in [1.165, 1.54) is 17.3 Å². The Morgan fingerprint density at radius 2 is 1.97 bits per heavy atom. The van der Waals surface area contributed by atoms with Crippen molar-refractivity contribution in [1.29, 1.82) is 0 Å². The van der Waals surface area contributed by atoms with Crippen LogP contribution in [0.2, 0.25) is 0 Å². The molecule has 1 fully saturated rings. The van der Waals surface area contributed by atoms with E-state index in [1.54, 1.807) is 17.9 Å². The third-order valence-electron chi connectivity index (χ3n) is 4.54. The number of nitrogens with one attached hydrogen (secondary N) is 2. The highest BCUT2D eigenvalue weighted by atomic mass is 32.2. The number of ether oxygens (including phenoxy) is 1. The topological polar surface area (TPSA) is 85.2 Å². The fraction of sp³-hybridized carbons (Fsp3) is 0.190. The Labute approximate surface area is 172 Å². The van der Waals surface area contributed by atoms with E-state index in [9.17, 15) is 9.59 Å². The van der Waals surface area contributed by atoms with Gasteiger partial charge in [0.2, 0.25) is 0 Å². The first kappa shape index (κ1) is 19.1. The van der Waals surface area contributed by atoms with E-state index in [0.29, 0.717) is 12.3 Å². The van der Waals surface area contributed by atoms with Crippen LogP contribution >= 0.6 is 11.8 Å². The smallest absolute Gasteiger partial charge is 0.322 e. The highest BCUT2D eigenvalue weighted by Crippen LogP contribution is 2.34. The summed E-state index contributed by atoms with van der Waals surface area (Å²) in [5.74, 6) is 0.407. The summed E-state index contributed by atoms with van der Waals surface area (Å²) < 4.78 is 7.47. The molecule has 0 bridgehead atoms. The number of hydrogen-bond donors (Lipinski definition) is 2. The molecule has 0 spiro atoms. The van der Waals surface area contributed by atoms with Crippen molar-refractivity contribution in [3.8, 4) is 5.75 Å². The first-order valence-electron chi connectivity index (χ1n) is 9.09. The summed E-state index contributed by atoms with van der Waals surface area (Å²) in [5.41, 5.74) is 2.98. The summed E-state index contributed by atoms with van der Waals surface area (Å²) in [6, 6.07) is 14.7. The quantitative estimate of drug-likeness (QED) is 0.611. The second-order valence-electron chi connectivity index (χ2n) is 6.76. The van der Waals surface area contributed by atoms with E-state index in [1.807, 2.05) is 36.4 Å². The number of amides is 3. The SMILES string of the molecule is Cc1cccc(COc2ccc(Sc3cnn(C)c3C3NC(=O)NC3=O)cc2)c1. The molecule has 1 saturated heterocycles. The minimum absolute atomic E-state index is 0.375. The van der Waals surface area contributed by atoms with Crippen LogP contribution in [0.1, 0.15) is 22.9 Å². The zero-order chi connectivity index (χ0) is 20.4. The van der Waals surface area contributed by atoms with Crippen molar-refractivity contribution >= 4 is 23.7 Å². The lowest BCUT2D eigenvalue weighted by Gasteiger charge is -2.11. The summed E-state index contributed by atoms with van der Waals surface area (Å²) in [4.78, 5) is 25.3. The number of aryl methyl sites for hydroxylation is 2. The number of imide groups is 1. The van der Waals surface area contributed by atoms with Gasteiger partial charge in [0, 0.05) is 11.9 Å². The molecule has 2 aromatic carbocycles. The van der Waals surface area contributed by atoms with Crippen molar-refractivity contribution in [2.24, 2.45) is 7.05 Å². The monoisotopic (exact) mass is 408 g/mol. The summed E-state index contributed by atoms with van der Waals surface area (Å²) in [6.07, 6.45) is 1.69. The van der Waals surface area contributed by atoms with Crippen molar-refractivity contribution in [1.82, 2.24) is 20.4 Å². The number of rotatable bonds is 6. The molecule has 1 unspecified atom stereocenters. The molecule has 8 heteroatoms. The van der Waals surface area contributed by atoms with Gasteiger partial charge in [0.05, 0.1) is 16.8 Å². The van der Waals surface area contributed by atoms with Gasteiger partial charge in [-0.05, 0) is 36.8 Å². The van der Waals surface area contributed by atoms with Crippen LogP contribution in [0.5, 0.6) is 5.75 Å². The minimum atomic E-state index is -0.741. The zero-order valence-electron chi connectivity index (χ0n) is 16.0. The Bertz CT molecular complexity index is 1060. The molecule has 3 aromatic rings. The average Bonchev–Trinajstić information content (AvgIpc) is 3.22.